The molecule has 4 fully saturated rings. The van der Waals surface area contributed by atoms with Crippen LogP contribution in [0.2, 0.25) is 0 Å². The summed E-state index contributed by atoms with van der Waals surface area (Å²) in [6, 6.07) is 6.31. The SMILES string of the molecule is Cc1cccc2c(CB3O[C@@H]4C[C@@H]5C[C@@H](C5(C)C)[C@]4(C)O3)coc12. The number of aryl methyl sites for hydroxylation is 1. The largest absolute Gasteiger partial charge is 0.464 e. The van der Waals surface area contributed by atoms with Crippen LogP contribution in [0.15, 0.2) is 28.9 Å². The highest BCUT2D eigenvalue weighted by Crippen LogP contribution is 2.65. The summed E-state index contributed by atoms with van der Waals surface area (Å²) in [5.41, 5.74) is 3.61. The molecule has 0 amide bonds. The highest BCUT2D eigenvalue weighted by Gasteiger charge is 2.67. The minimum absolute atomic E-state index is 0.127. The smallest absolute Gasteiger partial charge is 0.462 e. The second-order valence-corrected chi connectivity index (χ2v) is 8.81. The van der Waals surface area contributed by atoms with Gasteiger partial charge >= 0.3 is 7.12 Å². The highest BCUT2D eigenvalue weighted by atomic mass is 16.7. The van der Waals surface area contributed by atoms with Crippen LogP contribution in [0.3, 0.4) is 0 Å². The summed E-state index contributed by atoms with van der Waals surface area (Å²) in [6.45, 7) is 9.16. The maximum Gasteiger partial charge on any atom is 0.462 e. The number of hydrogen-bond donors (Lipinski definition) is 0. The molecule has 0 N–H and O–H groups in total. The Balaban J connectivity index is 1.41. The Kier molecular flexibility index (Phi) is 2.93. The summed E-state index contributed by atoms with van der Waals surface area (Å²) in [4.78, 5) is 0. The highest BCUT2D eigenvalue weighted by molar-refractivity contribution is 6.45. The zero-order chi connectivity index (χ0) is 16.7. The van der Waals surface area contributed by atoms with E-state index < -0.39 is 0 Å². The Morgan fingerprint density at radius 3 is 2.83 bits per heavy atom. The standard InChI is InChI=1S/C20H25BO3/c1-12-6-5-7-15-13(11-22-18(12)15)10-21-23-17-9-14-8-16(19(14,2)3)20(17,4)24-21/h5-7,11,14,16-17H,8-10H2,1-4H3/t14-,16-,17+,20-/m0/s1. The van der Waals surface area contributed by atoms with Gasteiger partial charge in [0, 0.05) is 11.7 Å². The molecule has 0 radical (unpaired) electrons. The van der Waals surface area contributed by atoms with Crippen molar-refractivity contribution in [1.29, 1.82) is 0 Å². The van der Waals surface area contributed by atoms with Crippen LogP contribution in [-0.2, 0) is 15.6 Å². The molecule has 24 heavy (non-hydrogen) atoms. The zero-order valence-corrected chi connectivity index (χ0v) is 15.0. The van der Waals surface area contributed by atoms with Crippen molar-refractivity contribution in [1.82, 2.24) is 0 Å². The van der Waals surface area contributed by atoms with Gasteiger partial charge in [0.15, 0.2) is 0 Å². The normalized spacial score (nSPS) is 36.7. The zero-order valence-electron chi connectivity index (χ0n) is 15.0. The van der Waals surface area contributed by atoms with Gasteiger partial charge in [0.25, 0.3) is 0 Å². The van der Waals surface area contributed by atoms with E-state index in [4.69, 9.17) is 13.7 Å². The topological polar surface area (TPSA) is 31.6 Å². The molecule has 4 heteroatoms. The van der Waals surface area contributed by atoms with Gasteiger partial charge in [-0.2, -0.15) is 0 Å². The second-order valence-electron chi connectivity index (χ2n) is 8.81. The molecule has 3 aliphatic carbocycles. The molecule has 3 nitrogen and oxygen atoms in total. The van der Waals surface area contributed by atoms with Gasteiger partial charge in [-0.3, -0.25) is 0 Å². The van der Waals surface area contributed by atoms with E-state index in [0.29, 0.717) is 11.3 Å². The van der Waals surface area contributed by atoms with Crippen LogP contribution in [0.5, 0.6) is 0 Å². The fraction of sp³-hybridized carbons (Fsp3) is 0.600. The fourth-order valence-electron chi connectivity index (χ4n) is 5.63. The third-order valence-electron chi connectivity index (χ3n) is 7.27. The summed E-state index contributed by atoms with van der Waals surface area (Å²) < 4.78 is 18.7. The lowest BCUT2D eigenvalue weighted by Gasteiger charge is -2.64. The van der Waals surface area contributed by atoms with E-state index in [0.717, 1.165) is 24.2 Å². The molecule has 0 spiro atoms. The first-order valence-electron chi connectivity index (χ1n) is 9.18. The van der Waals surface area contributed by atoms with Crippen LogP contribution >= 0.6 is 0 Å². The molecular weight excluding hydrogens is 299 g/mol. The Labute approximate surface area is 143 Å². The van der Waals surface area contributed by atoms with Crippen molar-refractivity contribution >= 4 is 18.1 Å². The molecule has 1 aromatic carbocycles. The molecule has 0 unspecified atom stereocenters. The maximum atomic E-state index is 6.53. The van der Waals surface area contributed by atoms with Crippen LogP contribution in [0, 0.1) is 24.2 Å². The summed E-state index contributed by atoms with van der Waals surface area (Å²) in [5.74, 6) is 1.41. The van der Waals surface area contributed by atoms with Crippen LogP contribution in [-0.4, -0.2) is 18.8 Å². The number of benzene rings is 1. The first-order valence-corrected chi connectivity index (χ1v) is 9.18. The van der Waals surface area contributed by atoms with E-state index in [1.54, 1.807) is 0 Å². The molecule has 6 rings (SSSR count). The van der Waals surface area contributed by atoms with Gasteiger partial charge in [0.1, 0.15) is 5.58 Å². The molecule has 1 aromatic heterocycles. The van der Waals surface area contributed by atoms with Gasteiger partial charge in [0.2, 0.25) is 0 Å². The predicted molar refractivity (Wildman–Crippen MR) is 94.8 cm³/mol. The van der Waals surface area contributed by atoms with Crippen molar-refractivity contribution in [3.8, 4) is 0 Å². The molecule has 1 aliphatic heterocycles. The third kappa shape index (κ3) is 1.82. The molecule has 4 aliphatic rings. The lowest BCUT2D eigenvalue weighted by Crippen LogP contribution is -2.65. The summed E-state index contributed by atoms with van der Waals surface area (Å²) in [6.07, 6.45) is 5.32. The van der Waals surface area contributed by atoms with Crippen molar-refractivity contribution in [2.75, 3.05) is 0 Å². The molecule has 2 heterocycles. The number of para-hydroxylation sites is 1. The minimum Gasteiger partial charge on any atom is -0.464 e. The predicted octanol–water partition coefficient (Wildman–Crippen LogP) is 4.55. The number of rotatable bonds is 2. The average Bonchev–Trinajstić information content (AvgIpc) is 3.08. The van der Waals surface area contributed by atoms with Crippen molar-refractivity contribution < 1.29 is 13.7 Å². The van der Waals surface area contributed by atoms with E-state index in [1.165, 1.54) is 22.9 Å². The van der Waals surface area contributed by atoms with Crippen LogP contribution < -0.4 is 0 Å². The Bertz CT molecular complexity index is 810. The van der Waals surface area contributed by atoms with Crippen LogP contribution in [0.1, 0.15) is 44.7 Å². The molecule has 1 saturated heterocycles. The number of fused-ring (bicyclic) bond motifs is 1. The molecule has 2 bridgehead atoms. The van der Waals surface area contributed by atoms with Crippen LogP contribution in [0.4, 0.5) is 0 Å². The van der Waals surface area contributed by atoms with E-state index in [9.17, 15) is 0 Å². The second kappa shape index (κ2) is 4.67. The molecule has 2 aromatic rings. The lowest BCUT2D eigenvalue weighted by molar-refractivity contribution is -0.199. The van der Waals surface area contributed by atoms with Crippen molar-refractivity contribution in [2.24, 2.45) is 17.3 Å². The van der Waals surface area contributed by atoms with Gasteiger partial charge in [-0.05, 0) is 55.1 Å². The Morgan fingerprint density at radius 2 is 2.04 bits per heavy atom. The maximum absolute atomic E-state index is 6.53. The Hall–Kier alpha value is -1.26. The fourth-order valence-corrected chi connectivity index (χ4v) is 5.63. The van der Waals surface area contributed by atoms with Crippen molar-refractivity contribution in [3.63, 3.8) is 0 Å². The van der Waals surface area contributed by atoms with E-state index in [-0.39, 0.29) is 18.8 Å². The third-order valence-corrected chi connectivity index (χ3v) is 7.27. The number of furan rings is 1. The van der Waals surface area contributed by atoms with E-state index >= 15 is 0 Å². The van der Waals surface area contributed by atoms with Gasteiger partial charge in [-0.1, -0.05) is 32.0 Å². The van der Waals surface area contributed by atoms with Crippen LogP contribution in [0.25, 0.3) is 11.0 Å². The van der Waals surface area contributed by atoms with E-state index in [1.807, 2.05) is 6.26 Å². The van der Waals surface area contributed by atoms with Crippen molar-refractivity contribution in [2.45, 2.75) is 58.6 Å². The first kappa shape index (κ1) is 15.0. The summed E-state index contributed by atoms with van der Waals surface area (Å²) in [5, 5.41) is 1.19. The monoisotopic (exact) mass is 324 g/mol. The molecule has 126 valence electrons. The van der Waals surface area contributed by atoms with Gasteiger partial charge in [-0.25, -0.2) is 0 Å². The lowest BCUT2D eigenvalue weighted by atomic mass is 9.43. The minimum atomic E-state index is -0.156. The molecular formula is C20H25BO3. The van der Waals surface area contributed by atoms with Gasteiger partial charge in [0.05, 0.1) is 18.0 Å². The first-order chi connectivity index (χ1) is 11.4. The Morgan fingerprint density at radius 1 is 1.21 bits per heavy atom. The molecule has 4 atom stereocenters. The van der Waals surface area contributed by atoms with E-state index in [2.05, 4.69) is 45.9 Å². The van der Waals surface area contributed by atoms with Crippen molar-refractivity contribution in [3.05, 3.63) is 35.6 Å². The van der Waals surface area contributed by atoms with Gasteiger partial charge < -0.3 is 13.7 Å². The quantitative estimate of drug-likeness (QED) is 0.760. The molecule has 3 saturated carbocycles. The summed E-state index contributed by atoms with van der Waals surface area (Å²) >= 11 is 0. The number of hydrogen-bond acceptors (Lipinski definition) is 3. The average molecular weight is 324 g/mol. The van der Waals surface area contributed by atoms with Gasteiger partial charge in [-0.15, -0.1) is 0 Å². The summed E-state index contributed by atoms with van der Waals surface area (Å²) in [7, 11) is -0.156.